The van der Waals surface area contributed by atoms with E-state index in [2.05, 4.69) is 4.90 Å². The number of sulfonamides is 1. The standard InChI is InChI=1S/C17H18F2N2O2S.ClH/c18-15-5-3-4-14(12-15)13-20-8-10-21(11-9-20)24(22,23)17-7-2-1-6-16(17)19;/h1-7,12H,8-11,13H2;1H. The molecule has 0 spiro atoms. The molecule has 4 nitrogen and oxygen atoms in total. The van der Waals surface area contributed by atoms with E-state index < -0.39 is 15.8 Å². The molecule has 0 N–H and O–H groups in total. The Morgan fingerprint density at radius 2 is 1.60 bits per heavy atom. The van der Waals surface area contributed by atoms with Gasteiger partial charge >= 0.3 is 0 Å². The van der Waals surface area contributed by atoms with Crippen molar-refractivity contribution >= 4 is 22.4 Å². The number of nitrogens with zero attached hydrogens (tertiary/aromatic N) is 2. The second-order valence-electron chi connectivity index (χ2n) is 5.74. The second kappa shape index (κ2) is 8.23. The van der Waals surface area contributed by atoms with E-state index in [-0.39, 0.29) is 36.2 Å². The summed E-state index contributed by atoms with van der Waals surface area (Å²) in [5, 5.41) is 0. The van der Waals surface area contributed by atoms with Crippen molar-refractivity contribution in [3.05, 3.63) is 65.7 Å². The van der Waals surface area contributed by atoms with Crippen LogP contribution in [0.25, 0.3) is 0 Å². The quantitative estimate of drug-likeness (QED) is 0.808. The number of benzene rings is 2. The van der Waals surface area contributed by atoms with Crippen LogP contribution in [0.5, 0.6) is 0 Å². The number of rotatable bonds is 4. The molecule has 0 aromatic heterocycles. The van der Waals surface area contributed by atoms with Crippen LogP contribution in [0.3, 0.4) is 0 Å². The molecule has 0 radical (unpaired) electrons. The van der Waals surface area contributed by atoms with Crippen LogP contribution in [0.1, 0.15) is 5.56 Å². The van der Waals surface area contributed by atoms with Crippen LogP contribution >= 0.6 is 12.4 Å². The van der Waals surface area contributed by atoms with E-state index in [9.17, 15) is 17.2 Å². The summed E-state index contributed by atoms with van der Waals surface area (Å²) in [6.45, 7) is 2.16. The fourth-order valence-corrected chi connectivity index (χ4v) is 4.30. The molecule has 1 fully saturated rings. The van der Waals surface area contributed by atoms with Gasteiger partial charge in [-0.15, -0.1) is 12.4 Å². The van der Waals surface area contributed by atoms with Crippen LogP contribution in [0.2, 0.25) is 0 Å². The Balaban J connectivity index is 0.00000225. The molecule has 2 aromatic carbocycles. The van der Waals surface area contributed by atoms with Crippen molar-refractivity contribution in [3.8, 4) is 0 Å². The molecule has 0 atom stereocenters. The van der Waals surface area contributed by atoms with Crippen molar-refractivity contribution in [3.63, 3.8) is 0 Å². The van der Waals surface area contributed by atoms with Crippen LogP contribution in [-0.4, -0.2) is 43.8 Å². The Labute approximate surface area is 152 Å². The molecule has 1 aliphatic heterocycles. The van der Waals surface area contributed by atoms with E-state index in [0.29, 0.717) is 19.6 Å². The van der Waals surface area contributed by atoms with Gasteiger partial charge in [-0.25, -0.2) is 17.2 Å². The third-order valence-corrected chi connectivity index (χ3v) is 6.01. The highest BCUT2D eigenvalue weighted by atomic mass is 35.5. The highest BCUT2D eigenvalue weighted by molar-refractivity contribution is 7.89. The fraction of sp³-hybridized carbons (Fsp3) is 0.294. The SMILES string of the molecule is Cl.O=S(=O)(c1ccccc1F)N1CCN(Cc2cccc(F)c2)CC1. The molecule has 0 amide bonds. The van der Waals surface area contributed by atoms with E-state index >= 15 is 0 Å². The first-order valence-corrected chi connectivity index (χ1v) is 9.12. The Kier molecular flexibility index (Phi) is 6.51. The van der Waals surface area contributed by atoms with Gasteiger partial charge in [-0.05, 0) is 29.8 Å². The van der Waals surface area contributed by atoms with E-state index in [1.165, 1.54) is 34.6 Å². The molecule has 1 aliphatic rings. The molecule has 0 aliphatic carbocycles. The molecule has 2 aromatic rings. The zero-order chi connectivity index (χ0) is 17.2. The van der Waals surface area contributed by atoms with Gasteiger partial charge in [0.1, 0.15) is 16.5 Å². The summed E-state index contributed by atoms with van der Waals surface area (Å²) < 4.78 is 53.4. The number of halogens is 3. The number of hydrogen-bond acceptors (Lipinski definition) is 3. The molecule has 136 valence electrons. The first-order valence-electron chi connectivity index (χ1n) is 7.68. The summed E-state index contributed by atoms with van der Waals surface area (Å²) >= 11 is 0. The zero-order valence-electron chi connectivity index (χ0n) is 13.4. The minimum atomic E-state index is -3.82. The number of piperazine rings is 1. The van der Waals surface area contributed by atoms with Gasteiger partial charge < -0.3 is 0 Å². The largest absolute Gasteiger partial charge is 0.296 e. The maximum Gasteiger partial charge on any atom is 0.246 e. The highest BCUT2D eigenvalue weighted by Gasteiger charge is 2.30. The maximum atomic E-state index is 13.8. The van der Waals surface area contributed by atoms with E-state index in [0.717, 1.165) is 11.6 Å². The van der Waals surface area contributed by atoms with Gasteiger partial charge in [-0.1, -0.05) is 24.3 Å². The Bertz CT molecular complexity index is 825. The topological polar surface area (TPSA) is 40.6 Å². The molecular formula is C17H19ClF2N2O2S. The predicted octanol–water partition coefficient (Wildman–Crippen LogP) is 2.89. The first kappa shape index (κ1) is 19.8. The van der Waals surface area contributed by atoms with Crippen molar-refractivity contribution in [1.82, 2.24) is 9.21 Å². The van der Waals surface area contributed by atoms with Gasteiger partial charge in [0.25, 0.3) is 0 Å². The van der Waals surface area contributed by atoms with Gasteiger partial charge in [0.05, 0.1) is 0 Å². The summed E-state index contributed by atoms with van der Waals surface area (Å²) in [7, 11) is -3.82. The van der Waals surface area contributed by atoms with Crippen molar-refractivity contribution in [2.75, 3.05) is 26.2 Å². The molecule has 1 saturated heterocycles. The summed E-state index contributed by atoms with van der Waals surface area (Å²) in [4.78, 5) is 1.77. The average Bonchev–Trinajstić information content (AvgIpc) is 2.55. The van der Waals surface area contributed by atoms with Crippen LogP contribution in [-0.2, 0) is 16.6 Å². The lowest BCUT2D eigenvalue weighted by Gasteiger charge is -2.34. The Hall–Kier alpha value is -1.54. The van der Waals surface area contributed by atoms with Crippen LogP contribution in [0.4, 0.5) is 8.78 Å². The van der Waals surface area contributed by atoms with Crippen LogP contribution in [0, 0.1) is 11.6 Å². The molecule has 0 bridgehead atoms. The van der Waals surface area contributed by atoms with E-state index in [1.54, 1.807) is 6.07 Å². The van der Waals surface area contributed by atoms with Crippen molar-refractivity contribution in [1.29, 1.82) is 0 Å². The monoisotopic (exact) mass is 388 g/mol. The minimum Gasteiger partial charge on any atom is -0.296 e. The molecule has 0 saturated carbocycles. The van der Waals surface area contributed by atoms with Gasteiger partial charge in [-0.3, -0.25) is 4.90 Å². The van der Waals surface area contributed by atoms with Crippen molar-refractivity contribution in [2.45, 2.75) is 11.4 Å². The van der Waals surface area contributed by atoms with Crippen LogP contribution < -0.4 is 0 Å². The summed E-state index contributed by atoms with van der Waals surface area (Å²) in [6.07, 6.45) is 0. The Morgan fingerprint density at radius 1 is 0.920 bits per heavy atom. The van der Waals surface area contributed by atoms with E-state index in [4.69, 9.17) is 0 Å². The molecule has 8 heteroatoms. The van der Waals surface area contributed by atoms with Gasteiger partial charge in [-0.2, -0.15) is 4.31 Å². The van der Waals surface area contributed by atoms with Crippen molar-refractivity contribution in [2.24, 2.45) is 0 Å². The fourth-order valence-electron chi connectivity index (χ4n) is 2.81. The molecular weight excluding hydrogens is 370 g/mol. The summed E-state index contributed by atoms with van der Waals surface area (Å²) in [5.41, 5.74) is 0.848. The molecule has 25 heavy (non-hydrogen) atoms. The van der Waals surface area contributed by atoms with Crippen LogP contribution in [0.15, 0.2) is 53.4 Å². The summed E-state index contributed by atoms with van der Waals surface area (Å²) in [6, 6.07) is 11.8. The predicted molar refractivity (Wildman–Crippen MR) is 94.1 cm³/mol. The summed E-state index contributed by atoms with van der Waals surface area (Å²) in [5.74, 6) is -1.02. The van der Waals surface area contributed by atoms with Gasteiger partial charge in [0.2, 0.25) is 10.0 Å². The highest BCUT2D eigenvalue weighted by Crippen LogP contribution is 2.21. The van der Waals surface area contributed by atoms with Gasteiger partial charge in [0.15, 0.2) is 0 Å². The average molecular weight is 389 g/mol. The molecule has 3 rings (SSSR count). The normalized spacial score (nSPS) is 16.4. The lowest BCUT2D eigenvalue weighted by atomic mass is 10.2. The zero-order valence-corrected chi connectivity index (χ0v) is 15.1. The smallest absolute Gasteiger partial charge is 0.246 e. The lowest BCUT2D eigenvalue weighted by Crippen LogP contribution is -2.48. The second-order valence-corrected chi connectivity index (χ2v) is 7.65. The first-order chi connectivity index (χ1) is 11.5. The maximum absolute atomic E-state index is 13.8. The van der Waals surface area contributed by atoms with E-state index in [1.807, 2.05) is 6.07 Å². The third-order valence-electron chi connectivity index (χ3n) is 4.08. The molecule has 0 unspecified atom stereocenters. The lowest BCUT2D eigenvalue weighted by molar-refractivity contribution is 0.181. The molecule has 1 heterocycles. The van der Waals surface area contributed by atoms with Gasteiger partial charge in [0, 0.05) is 32.7 Å². The third kappa shape index (κ3) is 4.55. The number of hydrogen-bond donors (Lipinski definition) is 0. The Morgan fingerprint density at radius 3 is 2.24 bits per heavy atom. The van der Waals surface area contributed by atoms with Crippen molar-refractivity contribution < 1.29 is 17.2 Å². The minimum absolute atomic E-state index is 0.